The molecule has 3 aromatic rings. The van der Waals surface area contributed by atoms with E-state index in [2.05, 4.69) is 15.4 Å². The van der Waals surface area contributed by atoms with Crippen molar-refractivity contribution in [2.75, 3.05) is 23.8 Å². The van der Waals surface area contributed by atoms with E-state index in [4.69, 9.17) is 21.7 Å². The van der Waals surface area contributed by atoms with E-state index >= 15 is 0 Å². The second-order valence-corrected chi connectivity index (χ2v) is 9.15. The summed E-state index contributed by atoms with van der Waals surface area (Å²) in [5, 5.41) is 16.5. The summed E-state index contributed by atoms with van der Waals surface area (Å²) in [4.78, 5) is 19.1. The lowest BCUT2D eigenvalue weighted by atomic mass is 10.1. The average Bonchev–Trinajstić information content (AvgIpc) is 3.14. The second kappa shape index (κ2) is 9.16. The lowest BCUT2D eigenvalue weighted by Crippen LogP contribution is -2.41. The molecule has 0 bridgehead atoms. The summed E-state index contributed by atoms with van der Waals surface area (Å²) in [7, 11) is 1.79. The number of rotatable bonds is 6. The van der Waals surface area contributed by atoms with Gasteiger partial charge in [-0.2, -0.15) is 9.61 Å². The third-order valence-corrected chi connectivity index (χ3v) is 4.99. The second-order valence-electron chi connectivity index (χ2n) is 8.77. The Bertz CT molecular complexity index is 1150. The van der Waals surface area contributed by atoms with E-state index in [1.54, 1.807) is 44.6 Å². The van der Waals surface area contributed by atoms with Gasteiger partial charge in [-0.1, -0.05) is 43.6 Å². The number of halogens is 1. The van der Waals surface area contributed by atoms with Crippen molar-refractivity contribution < 1.29 is 9.53 Å². The first-order chi connectivity index (χ1) is 15.0. The van der Waals surface area contributed by atoms with E-state index in [0.29, 0.717) is 17.0 Å². The summed E-state index contributed by atoms with van der Waals surface area (Å²) in [5.74, 6) is 0.551. The fourth-order valence-electron chi connectivity index (χ4n) is 3.30. The fourth-order valence-corrected chi connectivity index (χ4v) is 3.48. The van der Waals surface area contributed by atoms with Crippen LogP contribution in [-0.4, -0.2) is 45.6 Å². The smallest absolute Gasteiger partial charge is 0.416 e. The molecule has 0 spiro atoms. The Morgan fingerprint density at radius 2 is 2.00 bits per heavy atom. The molecule has 9 heteroatoms. The maximum absolute atomic E-state index is 13.3. The number of nitrogens with one attached hydrogen (secondary N) is 2. The minimum Gasteiger partial charge on any atom is -0.443 e. The maximum atomic E-state index is 13.3. The predicted octanol–water partition coefficient (Wildman–Crippen LogP) is 5.36. The van der Waals surface area contributed by atoms with Crippen LogP contribution in [0.1, 0.15) is 51.7 Å². The Balaban J connectivity index is 2.12. The lowest BCUT2D eigenvalue weighted by Gasteiger charge is -2.28. The number of benzene rings is 1. The van der Waals surface area contributed by atoms with Crippen LogP contribution >= 0.6 is 11.6 Å². The molecule has 0 atom stereocenters. The molecular weight excluding hydrogens is 428 g/mol. The number of nitrogens with zero attached hydrogens (tertiary/aromatic N) is 4. The number of carbonyl (C=O) groups is 1. The quantitative estimate of drug-likeness (QED) is 0.384. The molecule has 0 saturated heterocycles. The number of amides is 1. The van der Waals surface area contributed by atoms with Crippen LogP contribution in [-0.2, 0) is 4.74 Å². The molecule has 0 aliphatic rings. The van der Waals surface area contributed by atoms with Crippen molar-refractivity contribution >= 4 is 40.6 Å². The van der Waals surface area contributed by atoms with Crippen molar-refractivity contribution in [2.24, 2.45) is 0 Å². The van der Waals surface area contributed by atoms with Crippen molar-refractivity contribution in [3.8, 4) is 0 Å². The van der Waals surface area contributed by atoms with Crippen molar-refractivity contribution in [3.63, 3.8) is 0 Å². The Kier molecular flexibility index (Phi) is 6.74. The molecule has 0 aliphatic carbocycles. The van der Waals surface area contributed by atoms with Gasteiger partial charge in [0.25, 0.3) is 0 Å². The van der Waals surface area contributed by atoms with Crippen LogP contribution in [0.4, 0.5) is 16.3 Å². The van der Waals surface area contributed by atoms with Gasteiger partial charge in [0, 0.05) is 29.9 Å². The van der Waals surface area contributed by atoms with Crippen molar-refractivity contribution in [1.29, 1.82) is 5.41 Å². The molecule has 0 radical (unpaired) electrons. The number of aromatic nitrogens is 3. The Morgan fingerprint density at radius 3 is 2.62 bits per heavy atom. The Hall–Kier alpha value is -3.13. The molecular formula is C23H29ClN6O2. The van der Waals surface area contributed by atoms with Gasteiger partial charge in [0.05, 0.1) is 18.5 Å². The minimum atomic E-state index is -0.719. The van der Waals surface area contributed by atoms with Crippen LogP contribution in [0.25, 0.3) is 5.65 Å². The van der Waals surface area contributed by atoms with E-state index in [0.717, 1.165) is 11.3 Å². The molecule has 2 aromatic heterocycles. The molecule has 0 saturated carbocycles. The van der Waals surface area contributed by atoms with Gasteiger partial charge in [-0.25, -0.2) is 9.78 Å². The standard InChI is InChI=1S/C23H29ClN6O2/c1-14(2)16-12-27-30-20(11-19(24)28-21(16)30)29(22(31)32-23(3,4)5)13-17(25)15-9-7-8-10-18(15)26-6/h7-12,14,25-26H,13H2,1-6H3. The van der Waals surface area contributed by atoms with Gasteiger partial charge in [0.1, 0.15) is 16.6 Å². The number of hydrogen-bond donors (Lipinski definition) is 2. The topological polar surface area (TPSA) is 95.6 Å². The number of fused-ring (bicyclic) bond motifs is 1. The highest BCUT2D eigenvalue weighted by Crippen LogP contribution is 2.27. The number of anilines is 2. The molecule has 0 fully saturated rings. The van der Waals surface area contributed by atoms with Gasteiger partial charge >= 0.3 is 6.09 Å². The summed E-state index contributed by atoms with van der Waals surface area (Å²) in [6.07, 6.45) is 1.12. The third kappa shape index (κ3) is 5.02. The number of hydrogen-bond acceptors (Lipinski definition) is 6. The van der Waals surface area contributed by atoms with Gasteiger partial charge < -0.3 is 15.5 Å². The summed E-state index contributed by atoms with van der Waals surface area (Å²) < 4.78 is 7.23. The molecule has 0 aliphatic heterocycles. The highest BCUT2D eigenvalue weighted by atomic mass is 35.5. The normalized spacial score (nSPS) is 11.6. The maximum Gasteiger partial charge on any atom is 0.416 e. The highest BCUT2D eigenvalue weighted by Gasteiger charge is 2.28. The van der Waals surface area contributed by atoms with E-state index in [1.807, 2.05) is 38.1 Å². The lowest BCUT2D eigenvalue weighted by molar-refractivity contribution is 0.0584. The van der Waals surface area contributed by atoms with E-state index in [-0.39, 0.29) is 23.3 Å². The molecule has 0 unspecified atom stereocenters. The van der Waals surface area contributed by atoms with Gasteiger partial charge in [-0.05, 0) is 32.8 Å². The van der Waals surface area contributed by atoms with Gasteiger partial charge in [0.2, 0.25) is 0 Å². The van der Waals surface area contributed by atoms with Crippen LogP contribution in [0.5, 0.6) is 0 Å². The number of para-hydroxylation sites is 1. The SMILES string of the molecule is CNc1ccccc1C(=N)CN(C(=O)OC(C)(C)C)c1cc(Cl)nc2c(C(C)C)cnn12. The Labute approximate surface area is 193 Å². The molecule has 2 N–H and O–H groups in total. The summed E-state index contributed by atoms with van der Waals surface area (Å²) in [5.41, 5.74) is 2.47. The number of ether oxygens (including phenoxy) is 1. The molecule has 3 rings (SSSR count). The first-order valence-corrected chi connectivity index (χ1v) is 10.8. The molecule has 32 heavy (non-hydrogen) atoms. The van der Waals surface area contributed by atoms with Gasteiger partial charge in [0.15, 0.2) is 5.65 Å². The van der Waals surface area contributed by atoms with Gasteiger partial charge in [-0.3, -0.25) is 4.90 Å². The van der Waals surface area contributed by atoms with Crippen molar-refractivity contribution in [3.05, 3.63) is 52.8 Å². The van der Waals surface area contributed by atoms with E-state index in [9.17, 15) is 4.79 Å². The van der Waals surface area contributed by atoms with Crippen LogP contribution in [0.3, 0.4) is 0 Å². The average molecular weight is 457 g/mol. The summed E-state index contributed by atoms with van der Waals surface area (Å²) in [6, 6.07) is 9.02. The zero-order valence-electron chi connectivity index (χ0n) is 19.2. The molecule has 8 nitrogen and oxygen atoms in total. The van der Waals surface area contributed by atoms with Crippen molar-refractivity contribution in [1.82, 2.24) is 14.6 Å². The van der Waals surface area contributed by atoms with Crippen LogP contribution in [0, 0.1) is 5.41 Å². The first-order valence-electron chi connectivity index (χ1n) is 10.4. The molecule has 2 heterocycles. The molecule has 1 amide bonds. The van der Waals surface area contributed by atoms with Crippen LogP contribution in [0.2, 0.25) is 5.15 Å². The largest absolute Gasteiger partial charge is 0.443 e. The third-order valence-electron chi connectivity index (χ3n) is 4.80. The molecule has 170 valence electrons. The van der Waals surface area contributed by atoms with Crippen LogP contribution in [0.15, 0.2) is 36.5 Å². The van der Waals surface area contributed by atoms with Crippen LogP contribution < -0.4 is 10.2 Å². The first kappa shape index (κ1) is 23.5. The summed E-state index contributed by atoms with van der Waals surface area (Å²) >= 11 is 6.35. The Morgan fingerprint density at radius 1 is 1.31 bits per heavy atom. The van der Waals surface area contributed by atoms with E-state index < -0.39 is 11.7 Å². The molecule has 1 aromatic carbocycles. The zero-order chi connectivity index (χ0) is 23.6. The van der Waals surface area contributed by atoms with E-state index in [1.165, 1.54) is 4.90 Å². The number of carbonyl (C=O) groups excluding carboxylic acids is 1. The monoisotopic (exact) mass is 456 g/mol. The predicted molar refractivity (Wildman–Crippen MR) is 128 cm³/mol. The van der Waals surface area contributed by atoms with Gasteiger partial charge in [-0.15, -0.1) is 0 Å². The minimum absolute atomic E-state index is 0.0417. The summed E-state index contributed by atoms with van der Waals surface area (Å²) in [6.45, 7) is 9.42. The fraction of sp³-hybridized carbons (Fsp3) is 0.391. The zero-order valence-corrected chi connectivity index (χ0v) is 20.0. The highest BCUT2D eigenvalue weighted by molar-refractivity contribution is 6.29. The van der Waals surface area contributed by atoms with Crippen molar-refractivity contribution in [2.45, 2.75) is 46.1 Å².